The molecule has 6 nitrogen and oxygen atoms in total. The predicted molar refractivity (Wildman–Crippen MR) is 109 cm³/mol. The van der Waals surface area contributed by atoms with Crippen LogP contribution < -0.4 is 5.32 Å². The van der Waals surface area contributed by atoms with E-state index in [0.717, 1.165) is 17.1 Å². The number of likely N-dealkylation sites (N-methyl/N-ethyl adjacent to an activating group) is 1. The van der Waals surface area contributed by atoms with Crippen molar-refractivity contribution >= 4 is 21.7 Å². The molecule has 0 aliphatic carbocycles. The molecule has 28 heavy (non-hydrogen) atoms. The monoisotopic (exact) mass is 402 g/mol. The molecule has 0 spiro atoms. The van der Waals surface area contributed by atoms with Crippen LogP contribution in [0.1, 0.15) is 36.2 Å². The average molecular weight is 403 g/mol. The summed E-state index contributed by atoms with van der Waals surface area (Å²) in [6.45, 7) is 3.04. The first kappa shape index (κ1) is 21.8. The highest BCUT2D eigenvalue weighted by Gasteiger charge is 2.23. The smallest absolute Gasteiger partial charge is 0.243 e. The number of nitrogens with zero attached hydrogens (tertiary/aromatic N) is 1. The molecule has 1 atom stereocenters. The van der Waals surface area contributed by atoms with Gasteiger partial charge in [-0.3, -0.25) is 9.59 Å². The van der Waals surface area contributed by atoms with Crippen molar-refractivity contribution in [2.24, 2.45) is 0 Å². The third kappa shape index (κ3) is 6.00. The standard InChI is InChI=1S/C21H26N2O4S/c1-16(9-10-18-7-5-4-6-8-18)22-21(25)15-23(3)28(26,27)20-13-11-19(12-14-20)17(2)24/h4-8,11-14,16H,9-10,15H2,1-3H3,(H,22,25)/t16-/m1/s1. The SMILES string of the molecule is CC(=O)c1ccc(S(=O)(=O)N(C)CC(=O)N[C@H](C)CCc2ccccc2)cc1. The lowest BCUT2D eigenvalue weighted by Crippen LogP contribution is -2.41. The minimum Gasteiger partial charge on any atom is -0.352 e. The number of rotatable bonds is 9. The molecule has 1 amide bonds. The summed E-state index contributed by atoms with van der Waals surface area (Å²) in [7, 11) is -2.44. The van der Waals surface area contributed by atoms with Gasteiger partial charge in [0.25, 0.3) is 0 Å². The Morgan fingerprint density at radius 2 is 1.64 bits per heavy atom. The van der Waals surface area contributed by atoms with Gasteiger partial charge in [0, 0.05) is 18.7 Å². The summed E-state index contributed by atoms with van der Waals surface area (Å²) in [6, 6.07) is 15.6. The van der Waals surface area contributed by atoms with E-state index in [1.807, 2.05) is 37.3 Å². The second kappa shape index (κ2) is 9.61. The van der Waals surface area contributed by atoms with E-state index in [0.29, 0.717) is 5.56 Å². The zero-order chi connectivity index (χ0) is 20.7. The second-order valence-corrected chi connectivity index (χ2v) is 8.88. The van der Waals surface area contributed by atoms with Crippen molar-refractivity contribution in [3.05, 3.63) is 65.7 Å². The Balaban J connectivity index is 1.90. The highest BCUT2D eigenvalue weighted by molar-refractivity contribution is 7.89. The maximum atomic E-state index is 12.6. The van der Waals surface area contributed by atoms with Crippen LogP contribution in [0.2, 0.25) is 0 Å². The Morgan fingerprint density at radius 1 is 1.04 bits per heavy atom. The van der Waals surface area contributed by atoms with Crippen LogP contribution in [0.5, 0.6) is 0 Å². The first-order valence-electron chi connectivity index (χ1n) is 9.11. The summed E-state index contributed by atoms with van der Waals surface area (Å²) in [5.74, 6) is -0.492. The number of hydrogen-bond donors (Lipinski definition) is 1. The van der Waals surface area contributed by atoms with Crippen molar-refractivity contribution in [3.63, 3.8) is 0 Å². The molecule has 150 valence electrons. The van der Waals surface area contributed by atoms with Gasteiger partial charge in [-0.2, -0.15) is 4.31 Å². The van der Waals surface area contributed by atoms with E-state index in [4.69, 9.17) is 0 Å². The van der Waals surface area contributed by atoms with Crippen LogP contribution in [0, 0.1) is 0 Å². The molecule has 0 unspecified atom stereocenters. The van der Waals surface area contributed by atoms with E-state index in [-0.39, 0.29) is 29.2 Å². The van der Waals surface area contributed by atoms with E-state index in [1.54, 1.807) is 0 Å². The fourth-order valence-electron chi connectivity index (χ4n) is 2.75. The number of sulfonamides is 1. The molecule has 0 fully saturated rings. The molecule has 2 aromatic carbocycles. The number of benzene rings is 2. The van der Waals surface area contributed by atoms with Gasteiger partial charge in [0.05, 0.1) is 11.4 Å². The van der Waals surface area contributed by atoms with Crippen LogP contribution in [0.3, 0.4) is 0 Å². The molecular weight excluding hydrogens is 376 g/mol. The lowest BCUT2D eigenvalue weighted by Gasteiger charge is -2.19. The highest BCUT2D eigenvalue weighted by atomic mass is 32.2. The van der Waals surface area contributed by atoms with Gasteiger partial charge in [0.2, 0.25) is 15.9 Å². The number of nitrogens with one attached hydrogen (secondary N) is 1. The molecular formula is C21H26N2O4S. The van der Waals surface area contributed by atoms with E-state index in [2.05, 4.69) is 5.32 Å². The van der Waals surface area contributed by atoms with Crippen LogP contribution in [-0.4, -0.2) is 44.0 Å². The fourth-order valence-corrected chi connectivity index (χ4v) is 3.88. The van der Waals surface area contributed by atoms with Crippen LogP contribution >= 0.6 is 0 Å². The Hall–Kier alpha value is -2.51. The molecule has 0 aliphatic rings. The average Bonchev–Trinajstić information content (AvgIpc) is 2.67. The highest BCUT2D eigenvalue weighted by Crippen LogP contribution is 2.15. The van der Waals surface area contributed by atoms with Crippen LogP contribution in [0.4, 0.5) is 0 Å². The summed E-state index contributed by atoms with van der Waals surface area (Å²) in [5.41, 5.74) is 1.63. The minimum absolute atomic E-state index is 0.0462. The molecule has 1 N–H and O–H groups in total. The second-order valence-electron chi connectivity index (χ2n) is 6.83. The van der Waals surface area contributed by atoms with Crippen LogP contribution in [0.15, 0.2) is 59.5 Å². The number of amides is 1. The topological polar surface area (TPSA) is 83.6 Å². The normalized spacial score (nSPS) is 12.6. The lowest BCUT2D eigenvalue weighted by molar-refractivity contribution is -0.121. The van der Waals surface area contributed by atoms with Crippen molar-refractivity contribution in [1.29, 1.82) is 0 Å². The summed E-state index contributed by atoms with van der Waals surface area (Å²) in [4.78, 5) is 23.6. The molecule has 0 bridgehead atoms. The maximum absolute atomic E-state index is 12.6. The number of Topliss-reactive ketones (excluding diaryl/α,β-unsaturated/α-hetero) is 1. The summed E-state index contributed by atoms with van der Waals surface area (Å²) in [6.07, 6.45) is 1.59. The van der Waals surface area contributed by atoms with E-state index in [9.17, 15) is 18.0 Å². The van der Waals surface area contributed by atoms with Gasteiger partial charge in [-0.1, -0.05) is 42.5 Å². The fraction of sp³-hybridized carbons (Fsp3) is 0.333. The van der Waals surface area contributed by atoms with Crippen LogP contribution in [-0.2, 0) is 21.2 Å². The summed E-state index contributed by atoms with van der Waals surface area (Å²) < 4.78 is 26.2. The molecule has 0 radical (unpaired) electrons. The van der Waals surface area contributed by atoms with Crippen LogP contribution in [0.25, 0.3) is 0 Å². The van der Waals surface area contributed by atoms with Crippen molar-refractivity contribution < 1.29 is 18.0 Å². The molecule has 2 rings (SSSR count). The molecule has 0 aliphatic heterocycles. The Morgan fingerprint density at radius 3 is 2.21 bits per heavy atom. The van der Waals surface area contributed by atoms with Gasteiger partial charge in [0.15, 0.2) is 5.78 Å². The van der Waals surface area contributed by atoms with Gasteiger partial charge in [0.1, 0.15) is 0 Å². The maximum Gasteiger partial charge on any atom is 0.243 e. The van der Waals surface area contributed by atoms with Gasteiger partial charge >= 0.3 is 0 Å². The molecule has 0 saturated carbocycles. The van der Waals surface area contributed by atoms with E-state index < -0.39 is 10.0 Å². The Bertz CT molecular complexity index is 909. The number of aryl methyl sites for hydroxylation is 1. The van der Waals surface area contributed by atoms with Crippen molar-refractivity contribution in [1.82, 2.24) is 9.62 Å². The van der Waals surface area contributed by atoms with E-state index in [1.165, 1.54) is 43.8 Å². The first-order valence-corrected chi connectivity index (χ1v) is 10.5. The van der Waals surface area contributed by atoms with E-state index >= 15 is 0 Å². The van der Waals surface area contributed by atoms with Gasteiger partial charge in [-0.15, -0.1) is 0 Å². The number of hydrogen-bond acceptors (Lipinski definition) is 4. The largest absolute Gasteiger partial charge is 0.352 e. The van der Waals surface area contributed by atoms with Gasteiger partial charge in [-0.25, -0.2) is 8.42 Å². The zero-order valence-corrected chi connectivity index (χ0v) is 17.2. The summed E-state index contributed by atoms with van der Waals surface area (Å²) >= 11 is 0. The molecule has 7 heteroatoms. The van der Waals surface area contributed by atoms with Crippen molar-refractivity contribution in [3.8, 4) is 0 Å². The van der Waals surface area contributed by atoms with Crippen molar-refractivity contribution in [2.45, 2.75) is 37.6 Å². The number of ketones is 1. The zero-order valence-electron chi connectivity index (χ0n) is 16.4. The summed E-state index contributed by atoms with van der Waals surface area (Å²) in [5, 5.41) is 2.84. The third-order valence-electron chi connectivity index (χ3n) is 4.45. The molecule has 0 saturated heterocycles. The van der Waals surface area contributed by atoms with Gasteiger partial charge in [-0.05, 0) is 44.4 Å². The molecule has 2 aromatic rings. The molecule has 0 aromatic heterocycles. The van der Waals surface area contributed by atoms with Crippen molar-refractivity contribution in [2.75, 3.05) is 13.6 Å². The number of carbonyl (C=O) groups is 2. The predicted octanol–water partition coefficient (Wildman–Crippen LogP) is 2.65. The third-order valence-corrected chi connectivity index (χ3v) is 6.27. The first-order chi connectivity index (χ1) is 13.2. The Kier molecular flexibility index (Phi) is 7.48. The lowest BCUT2D eigenvalue weighted by atomic mass is 10.1. The Labute approximate surface area is 166 Å². The number of carbonyl (C=O) groups excluding carboxylic acids is 2. The minimum atomic E-state index is -3.81. The quantitative estimate of drug-likeness (QED) is 0.654. The van der Waals surface area contributed by atoms with Gasteiger partial charge < -0.3 is 5.32 Å². The molecule has 0 heterocycles.